The number of ether oxygens (including phenoxy) is 2. The van der Waals surface area contributed by atoms with Gasteiger partial charge in [0.05, 0.1) is 13.7 Å². The zero-order valence-electron chi connectivity index (χ0n) is 19.7. The van der Waals surface area contributed by atoms with Crippen LogP contribution < -0.4 is 4.74 Å². The van der Waals surface area contributed by atoms with E-state index in [0.717, 1.165) is 56.9 Å². The van der Waals surface area contributed by atoms with Crippen LogP contribution in [0, 0.1) is 5.92 Å². The van der Waals surface area contributed by atoms with Crippen molar-refractivity contribution in [3.8, 4) is 5.75 Å². The zero-order chi connectivity index (χ0) is 22.7. The third-order valence-electron chi connectivity index (χ3n) is 7.36. The second-order valence-corrected chi connectivity index (χ2v) is 9.77. The van der Waals surface area contributed by atoms with Crippen LogP contribution in [0.2, 0.25) is 0 Å². The van der Waals surface area contributed by atoms with Gasteiger partial charge < -0.3 is 19.3 Å². The number of imide groups is 1. The van der Waals surface area contributed by atoms with Crippen molar-refractivity contribution in [2.45, 2.75) is 64.1 Å². The number of amides is 3. The Kier molecular flexibility index (Phi) is 7.05. The number of methoxy groups -OCH3 is 1. The van der Waals surface area contributed by atoms with E-state index in [2.05, 4.69) is 18.7 Å². The molecule has 7 heteroatoms. The molecule has 4 rings (SSSR count). The molecular weight excluding hydrogens is 406 g/mol. The van der Waals surface area contributed by atoms with E-state index in [1.165, 1.54) is 4.90 Å². The molecule has 0 aromatic heterocycles. The van der Waals surface area contributed by atoms with Gasteiger partial charge >= 0.3 is 6.03 Å². The summed E-state index contributed by atoms with van der Waals surface area (Å²) in [7, 11) is 1.63. The van der Waals surface area contributed by atoms with Gasteiger partial charge in [0.25, 0.3) is 5.91 Å². The average Bonchev–Trinajstić information content (AvgIpc) is 3.00. The number of nitrogens with zero attached hydrogens (tertiary/aromatic N) is 3. The van der Waals surface area contributed by atoms with Gasteiger partial charge in [0.15, 0.2) is 0 Å². The number of carbonyl (C=O) groups excluding carboxylic acids is 2. The van der Waals surface area contributed by atoms with Crippen molar-refractivity contribution in [3.63, 3.8) is 0 Å². The Morgan fingerprint density at radius 3 is 2.53 bits per heavy atom. The smallest absolute Gasteiger partial charge is 0.327 e. The fourth-order valence-electron chi connectivity index (χ4n) is 5.37. The monoisotopic (exact) mass is 443 g/mol. The molecule has 32 heavy (non-hydrogen) atoms. The third kappa shape index (κ3) is 4.50. The lowest BCUT2D eigenvalue weighted by Gasteiger charge is -2.45. The molecule has 3 aliphatic heterocycles. The Labute approximate surface area is 191 Å². The lowest BCUT2D eigenvalue weighted by Crippen LogP contribution is -2.58. The van der Waals surface area contributed by atoms with Crippen molar-refractivity contribution in [2.75, 3.05) is 40.0 Å². The summed E-state index contributed by atoms with van der Waals surface area (Å²) in [4.78, 5) is 33.2. The molecule has 3 aliphatic rings. The molecule has 0 aliphatic carbocycles. The number of urea groups is 1. The van der Waals surface area contributed by atoms with Crippen molar-refractivity contribution in [1.82, 2.24) is 14.7 Å². The summed E-state index contributed by atoms with van der Waals surface area (Å²) in [5, 5.41) is 0. The molecule has 1 spiro atoms. The molecule has 176 valence electrons. The Morgan fingerprint density at radius 2 is 1.88 bits per heavy atom. The van der Waals surface area contributed by atoms with Crippen LogP contribution in [-0.4, -0.2) is 78.2 Å². The standard InChI is InChI=1S/C25H37N3O4/c1-19(2)7-12-28-24(30)27(18-20-5-4-6-22(17-20)31-3)23(29)25(28)10-13-26(14-11-25)21-8-15-32-16-9-21/h4-6,17,19,21H,7-16,18H2,1-3H3. The van der Waals surface area contributed by atoms with Gasteiger partial charge in [-0.1, -0.05) is 26.0 Å². The maximum atomic E-state index is 13.8. The van der Waals surface area contributed by atoms with Crippen LogP contribution in [0.4, 0.5) is 4.79 Å². The predicted octanol–water partition coefficient (Wildman–Crippen LogP) is 3.52. The van der Waals surface area contributed by atoms with Crippen molar-refractivity contribution >= 4 is 11.9 Å². The molecule has 0 atom stereocenters. The molecule has 1 aromatic carbocycles. The molecule has 3 amide bonds. The van der Waals surface area contributed by atoms with E-state index in [1.807, 2.05) is 29.2 Å². The fraction of sp³-hybridized carbons (Fsp3) is 0.680. The lowest BCUT2D eigenvalue weighted by atomic mass is 9.84. The normalized spacial score (nSPS) is 22.4. The van der Waals surface area contributed by atoms with Crippen LogP contribution in [0.5, 0.6) is 5.75 Å². The number of hydrogen-bond acceptors (Lipinski definition) is 5. The Bertz CT molecular complexity index is 813. The molecule has 0 unspecified atom stereocenters. The number of rotatable bonds is 7. The van der Waals surface area contributed by atoms with Gasteiger partial charge in [-0.15, -0.1) is 0 Å². The molecule has 7 nitrogen and oxygen atoms in total. The van der Waals surface area contributed by atoms with E-state index in [-0.39, 0.29) is 11.9 Å². The van der Waals surface area contributed by atoms with E-state index in [9.17, 15) is 9.59 Å². The van der Waals surface area contributed by atoms with Crippen molar-refractivity contribution in [3.05, 3.63) is 29.8 Å². The van der Waals surface area contributed by atoms with Crippen molar-refractivity contribution in [1.29, 1.82) is 0 Å². The molecular formula is C25H37N3O4. The van der Waals surface area contributed by atoms with E-state index < -0.39 is 5.54 Å². The van der Waals surface area contributed by atoms with Crippen LogP contribution in [0.25, 0.3) is 0 Å². The highest BCUT2D eigenvalue weighted by Crippen LogP contribution is 2.39. The molecule has 3 fully saturated rings. The van der Waals surface area contributed by atoms with Gasteiger partial charge in [-0.2, -0.15) is 0 Å². The summed E-state index contributed by atoms with van der Waals surface area (Å²) in [6.45, 7) is 8.60. The minimum atomic E-state index is -0.702. The first-order chi connectivity index (χ1) is 15.4. The Balaban J connectivity index is 1.53. The Hall–Kier alpha value is -2.12. The third-order valence-corrected chi connectivity index (χ3v) is 7.36. The summed E-state index contributed by atoms with van der Waals surface area (Å²) in [6, 6.07) is 8.01. The van der Waals surface area contributed by atoms with Crippen LogP contribution >= 0.6 is 0 Å². The molecule has 0 bridgehead atoms. The number of hydrogen-bond donors (Lipinski definition) is 0. The van der Waals surface area contributed by atoms with Crippen LogP contribution in [0.15, 0.2) is 24.3 Å². The first kappa shape index (κ1) is 23.1. The highest BCUT2D eigenvalue weighted by atomic mass is 16.5. The minimum Gasteiger partial charge on any atom is -0.497 e. The number of piperidine rings is 1. The van der Waals surface area contributed by atoms with Crippen molar-refractivity contribution < 1.29 is 19.1 Å². The quantitative estimate of drug-likeness (QED) is 0.604. The molecule has 0 radical (unpaired) electrons. The maximum Gasteiger partial charge on any atom is 0.327 e. The molecule has 0 saturated carbocycles. The van der Waals surface area contributed by atoms with Gasteiger partial charge in [0.1, 0.15) is 11.3 Å². The Morgan fingerprint density at radius 1 is 1.16 bits per heavy atom. The molecule has 0 N–H and O–H groups in total. The topological polar surface area (TPSA) is 62.3 Å². The highest BCUT2D eigenvalue weighted by molar-refractivity contribution is 6.07. The summed E-state index contributed by atoms with van der Waals surface area (Å²) >= 11 is 0. The average molecular weight is 444 g/mol. The summed E-state index contributed by atoms with van der Waals surface area (Å²) in [5.74, 6) is 1.18. The molecule has 3 saturated heterocycles. The van der Waals surface area contributed by atoms with Crippen molar-refractivity contribution in [2.24, 2.45) is 5.92 Å². The largest absolute Gasteiger partial charge is 0.497 e. The van der Waals surface area contributed by atoms with Gasteiger partial charge in [-0.05, 0) is 55.7 Å². The second kappa shape index (κ2) is 9.79. The minimum absolute atomic E-state index is 0.0271. The highest BCUT2D eigenvalue weighted by Gasteiger charge is 2.57. The van der Waals surface area contributed by atoms with Gasteiger partial charge in [-0.3, -0.25) is 9.69 Å². The van der Waals surface area contributed by atoms with E-state index in [0.29, 0.717) is 37.9 Å². The summed E-state index contributed by atoms with van der Waals surface area (Å²) in [5.41, 5.74) is 0.207. The number of carbonyl (C=O) groups is 2. The zero-order valence-corrected chi connectivity index (χ0v) is 19.7. The number of benzene rings is 1. The van der Waals surface area contributed by atoms with Crippen LogP contribution in [-0.2, 0) is 16.1 Å². The second-order valence-electron chi connectivity index (χ2n) is 9.77. The molecule has 1 aromatic rings. The molecule has 3 heterocycles. The lowest BCUT2D eigenvalue weighted by molar-refractivity contribution is -0.136. The summed E-state index contributed by atoms with van der Waals surface area (Å²) < 4.78 is 10.8. The fourth-order valence-corrected chi connectivity index (χ4v) is 5.37. The van der Waals surface area contributed by atoms with E-state index >= 15 is 0 Å². The first-order valence-electron chi connectivity index (χ1n) is 12.0. The SMILES string of the molecule is COc1cccc(CN2C(=O)N(CCC(C)C)C3(CCN(C4CCOCC4)CC3)C2=O)c1. The predicted molar refractivity (Wildman–Crippen MR) is 122 cm³/mol. The van der Waals surface area contributed by atoms with E-state index in [1.54, 1.807) is 7.11 Å². The number of likely N-dealkylation sites (tertiary alicyclic amines) is 1. The summed E-state index contributed by atoms with van der Waals surface area (Å²) in [6.07, 6.45) is 4.43. The van der Waals surface area contributed by atoms with Crippen LogP contribution in [0.1, 0.15) is 51.5 Å². The van der Waals surface area contributed by atoms with Gasteiger partial charge in [-0.25, -0.2) is 4.79 Å². The van der Waals surface area contributed by atoms with Crippen LogP contribution in [0.3, 0.4) is 0 Å². The van der Waals surface area contributed by atoms with Gasteiger partial charge in [0, 0.05) is 38.9 Å². The van der Waals surface area contributed by atoms with E-state index in [4.69, 9.17) is 9.47 Å². The van der Waals surface area contributed by atoms with Gasteiger partial charge in [0.2, 0.25) is 0 Å². The first-order valence-corrected chi connectivity index (χ1v) is 12.0. The maximum absolute atomic E-state index is 13.8.